The molecule has 39 heavy (non-hydrogen) atoms. The highest BCUT2D eigenvalue weighted by atomic mass is 31.1. The zero-order valence-corrected chi connectivity index (χ0v) is 29.7. The van der Waals surface area contributed by atoms with Gasteiger partial charge in [0.1, 0.15) is 0 Å². The molecule has 0 aliphatic rings. The van der Waals surface area contributed by atoms with E-state index in [0.29, 0.717) is 5.41 Å². The summed E-state index contributed by atoms with van der Waals surface area (Å²) in [4.78, 5) is 0. The first-order valence-electron chi connectivity index (χ1n) is 17.6. The summed E-state index contributed by atoms with van der Waals surface area (Å²) in [6, 6.07) is 8.13. The highest BCUT2D eigenvalue weighted by molar-refractivity contribution is 7.57. The molecule has 0 aliphatic heterocycles. The van der Waals surface area contributed by atoms with Crippen LogP contribution in [-0.2, 0) is 17.7 Å². The van der Waals surface area contributed by atoms with E-state index in [9.17, 15) is 0 Å². The van der Waals surface area contributed by atoms with Crippen LogP contribution in [0.1, 0.15) is 174 Å². The van der Waals surface area contributed by atoms with Crippen molar-refractivity contribution in [1.29, 1.82) is 0 Å². The van der Waals surface area contributed by atoms with Crippen molar-refractivity contribution in [2.45, 2.75) is 175 Å². The van der Waals surface area contributed by atoms with Gasteiger partial charge in [-0.3, -0.25) is 0 Å². The number of hydrogen-bond acceptors (Lipinski definition) is 0. The van der Waals surface area contributed by atoms with Gasteiger partial charge in [-0.15, -0.1) is 15.8 Å². The molecule has 0 heterocycles. The van der Waals surface area contributed by atoms with Crippen molar-refractivity contribution >= 4 is 15.8 Å². The summed E-state index contributed by atoms with van der Waals surface area (Å²) < 4.78 is 0. The number of benzene rings is 1. The van der Waals surface area contributed by atoms with Gasteiger partial charge in [-0.1, -0.05) is 131 Å². The fourth-order valence-corrected chi connectivity index (χ4v) is 11.9. The van der Waals surface area contributed by atoms with Gasteiger partial charge in [0.15, 0.2) is 0 Å². The van der Waals surface area contributed by atoms with Crippen LogP contribution in [0.4, 0.5) is 0 Å². The standard InChI is InChI=1S/C37H70P2/c1-8-15-24-37(25-16-9-2,26-17-10-3)36-23-22-34(32-38(27-18-11-4)28-19-12-5)35(31-36)33-39(29-20-13-6)30-21-14-7/h22-23,31H,8-21,24-30,32-33H2,1-7H3. The van der Waals surface area contributed by atoms with Gasteiger partial charge in [0, 0.05) is 0 Å². The number of hydrogen-bond donors (Lipinski definition) is 0. The molecule has 0 aliphatic carbocycles. The van der Waals surface area contributed by atoms with Gasteiger partial charge in [-0.2, -0.15) is 0 Å². The van der Waals surface area contributed by atoms with Gasteiger partial charge < -0.3 is 0 Å². The van der Waals surface area contributed by atoms with Crippen molar-refractivity contribution in [2.75, 3.05) is 24.6 Å². The highest BCUT2D eigenvalue weighted by Crippen LogP contribution is 2.48. The van der Waals surface area contributed by atoms with E-state index in [0.717, 1.165) is 0 Å². The lowest BCUT2D eigenvalue weighted by Crippen LogP contribution is -2.27. The zero-order chi connectivity index (χ0) is 28.8. The van der Waals surface area contributed by atoms with E-state index < -0.39 is 0 Å². The van der Waals surface area contributed by atoms with E-state index in [1.54, 1.807) is 16.7 Å². The zero-order valence-electron chi connectivity index (χ0n) is 27.9. The van der Waals surface area contributed by atoms with E-state index in [-0.39, 0.29) is 15.8 Å². The van der Waals surface area contributed by atoms with Crippen LogP contribution in [0, 0.1) is 0 Å². The Kier molecular flexibility index (Phi) is 22.5. The van der Waals surface area contributed by atoms with Gasteiger partial charge in [0.25, 0.3) is 0 Å². The second-order valence-electron chi connectivity index (χ2n) is 12.5. The smallest absolute Gasteiger partial charge is 0.00469 e. The molecule has 0 bridgehead atoms. The van der Waals surface area contributed by atoms with Crippen molar-refractivity contribution in [2.24, 2.45) is 0 Å². The molecule has 0 unspecified atom stereocenters. The predicted molar refractivity (Wildman–Crippen MR) is 187 cm³/mol. The maximum absolute atomic E-state index is 2.82. The fourth-order valence-electron chi connectivity index (χ4n) is 6.16. The largest absolute Gasteiger partial charge is 0.102 e. The first kappa shape index (κ1) is 37.1. The van der Waals surface area contributed by atoms with E-state index in [1.807, 2.05) is 0 Å². The Balaban J connectivity index is 3.53. The van der Waals surface area contributed by atoms with Gasteiger partial charge in [0.2, 0.25) is 0 Å². The molecule has 0 radical (unpaired) electrons. The van der Waals surface area contributed by atoms with E-state index >= 15 is 0 Å². The summed E-state index contributed by atoms with van der Waals surface area (Å²) in [5.74, 6) is 0. The lowest BCUT2D eigenvalue weighted by atomic mass is 9.69. The highest BCUT2D eigenvalue weighted by Gasteiger charge is 2.31. The molecule has 1 rings (SSSR count). The maximum Gasteiger partial charge on any atom is -0.00469 e. The first-order valence-corrected chi connectivity index (χ1v) is 21.4. The van der Waals surface area contributed by atoms with Crippen LogP contribution in [0.3, 0.4) is 0 Å². The average Bonchev–Trinajstić information content (AvgIpc) is 2.96. The molecule has 0 spiro atoms. The monoisotopic (exact) mass is 576 g/mol. The predicted octanol–water partition coefficient (Wildman–Crippen LogP) is 13.7. The van der Waals surface area contributed by atoms with E-state index in [1.165, 1.54) is 146 Å². The van der Waals surface area contributed by atoms with Crippen molar-refractivity contribution in [1.82, 2.24) is 0 Å². The molecule has 0 nitrogen and oxygen atoms in total. The van der Waals surface area contributed by atoms with Crippen LogP contribution in [-0.4, -0.2) is 24.6 Å². The molecule has 0 atom stereocenters. The Hall–Kier alpha value is 0.0800. The van der Waals surface area contributed by atoms with Gasteiger partial charge in [-0.25, -0.2) is 0 Å². The summed E-state index contributed by atoms with van der Waals surface area (Å²) in [6.07, 6.45) is 32.1. The molecule has 1 aromatic carbocycles. The minimum absolute atomic E-state index is 0.114. The Labute approximate surface area is 250 Å². The molecule has 2 heteroatoms. The lowest BCUT2D eigenvalue weighted by molar-refractivity contribution is 0.309. The minimum Gasteiger partial charge on any atom is -0.102 e. The van der Waals surface area contributed by atoms with Gasteiger partial charge in [0.05, 0.1) is 0 Å². The molecule has 0 saturated heterocycles. The number of unbranched alkanes of at least 4 members (excludes halogenated alkanes) is 7. The second-order valence-corrected chi connectivity index (χ2v) is 17.6. The van der Waals surface area contributed by atoms with Crippen LogP contribution >= 0.6 is 15.8 Å². The van der Waals surface area contributed by atoms with E-state index in [4.69, 9.17) is 0 Å². The van der Waals surface area contributed by atoms with Crippen LogP contribution < -0.4 is 0 Å². The third-order valence-corrected chi connectivity index (χ3v) is 14.3. The molecule has 0 aromatic heterocycles. The third-order valence-electron chi connectivity index (χ3n) is 8.94. The molecule has 0 amide bonds. The van der Waals surface area contributed by atoms with Crippen molar-refractivity contribution < 1.29 is 0 Å². The normalized spacial score (nSPS) is 12.2. The average molecular weight is 577 g/mol. The summed E-state index contributed by atoms with van der Waals surface area (Å²) in [7, 11) is 0.244. The van der Waals surface area contributed by atoms with Crippen molar-refractivity contribution in [3.63, 3.8) is 0 Å². The topological polar surface area (TPSA) is 0 Å². The Morgan fingerprint density at radius 3 is 1.18 bits per heavy atom. The molecule has 0 fully saturated rings. The third kappa shape index (κ3) is 14.7. The maximum atomic E-state index is 2.82. The summed E-state index contributed by atoms with van der Waals surface area (Å²) in [6.45, 7) is 16.7. The molecule has 1 aromatic rings. The molecular weight excluding hydrogens is 506 g/mol. The first-order chi connectivity index (χ1) is 19.0. The van der Waals surface area contributed by atoms with Gasteiger partial charge in [-0.05, 0) is 104 Å². The van der Waals surface area contributed by atoms with Crippen LogP contribution in [0.5, 0.6) is 0 Å². The van der Waals surface area contributed by atoms with Crippen molar-refractivity contribution in [3.8, 4) is 0 Å². The molecular formula is C37H70P2. The van der Waals surface area contributed by atoms with Crippen LogP contribution in [0.2, 0.25) is 0 Å². The fraction of sp³-hybridized carbons (Fsp3) is 0.838. The van der Waals surface area contributed by atoms with E-state index in [2.05, 4.69) is 66.7 Å². The summed E-state index contributed by atoms with van der Waals surface area (Å²) in [5, 5.41) is 0. The molecule has 0 N–H and O–H groups in total. The summed E-state index contributed by atoms with van der Waals surface area (Å²) >= 11 is 0. The minimum atomic E-state index is 0.114. The summed E-state index contributed by atoms with van der Waals surface area (Å²) in [5.41, 5.74) is 5.68. The Morgan fingerprint density at radius 1 is 0.462 bits per heavy atom. The van der Waals surface area contributed by atoms with Crippen LogP contribution in [0.25, 0.3) is 0 Å². The molecule has 0 saturated carbocycles. The van der Waals surface area contributed by atoms with Crippen molar-refractivity contribution in [3.05, 3.63) is 34.9 Å². The Bertz CT molecular complexity index is 659. The van der Waals surface area contributed by atoms with Crippen LogP contribution in [0.15, 0.2) is 18.2 Å². The van der Waals surface area contributed by atoms with Gasteiger partial charge >= 0.3 is 0 Å². The Morgan fingerprint density at radius 2 is 0.821 bits per heavy atom. The second kappa shape index (κ2) is 23.6. The number of rotatable bonds is 26. The molecule has 228 valence electrons. The quantitative estimate of drug-likeness (QED) is 0.0962. The lowest BCUT2D eigenvalue weighted by Gasteiger charge is -2.36. The SMILES string of the molecule is CCCCP(CCCC)Cc1ccc(C(CCCC)(CCCC)CCCC)cc1CP(CCCC)CCCC.